The smallest absolute Gasteiger partial charge is 0.225 e. The molecule has 0 aromatic heterocycles. The number of aliphatic hydroxyl groups excluding tert-OH is 1. The van der Waals surface area contributed by atoms with Gasteiger partial charge in [0.1, 0.15) is 19.3 Å². The van der Waals surface area contributed by atoms with Crippen LogP contribution in [0.25, 0.3) is 0 Å². The van der Waals surface area contributed by atoms with E-state index < -0.39 is 12.1 Å². The molecule has 2 fully saturated rings. The van der Waals surface area contributed by atoms with E-state index in [0.29, 0.717) is 42.8 Å². The molecule has 7 nitrogen and oxygen atoms in total. The number of rotatable bonds is 7. The molecule has 2 N–H and O–H groups in total. The molecule has 0 spiro atoms. The molecule has 0 saturated carbocycles. The lowest BCUT2D eigenvalue weighted by Gasteiger charge is -2.30. The summed E-state index contributed by atoms with van der Waals surface area (Å²) in [6.07, 6.45) is 2.25. The third-order valence-electron chi connectivity index (χ3n) is 7.02. The topological polar surface area (TPSA) is 74.3 Å². The fourth-order valence-electron chi connectivity index (χ4n) is 5.11. The standard InChI is InChI=1S/C26H32ClN3O4/c27-20-4-6-21(7-5-20)30-12-9-19(16-30)26(32)28-22(17-29-10-1-2-11-29)25(31)18-3-8-23-24(15-18)34-14-13-33-23/h3-8,15,19,22,25,31H,1-2,9-14,16-17H2,(H,28,32)/t19-,22+,25+/m0/s1. The molecule has 2 aromatic carbocycles. The number of nitrogens with one attached hydrogen (secondary N) is 1. The monoisotopic (exact) mass is 485 g/mol. The lowest BCUT2D eigenvalue weighted by Crippen LogP contribution is -2.48. The van der Waals surface area contributed by atoms with Crippen LogP contribution in [0.15, 0.2) is 42.5 Å². The second kappa shape index (κ2) is 10.4. The molecule has 8 heteroatoms. The molecule has 182 valence electrons. The molecular weight excluding hydrogens is 454 g/mol. The van der Waals surface area contributed by atoms with Crippen molar-refractivity contribution in [2.75, 3.05) is 50.8 Å². The number of ether oxygens (including phenoxy) is 2. The van der Waals surface area contributed by atoms with Crippen LogP contribution in [0.3, 0.4) is 0 Å². The van der Waals surface area contributed by atoms with E-state index in [1.807, 2.05) is 42.5 Å². The van der Waals surface area contributed by atoms with Crippen molar-refractivity contribution in [2.24, 2.45) is 5.92 Å². The van der Waals surface area contributed by atoms with Crippen LogP contribution in [0.5, 0.6) is 11.5 Å². The molecule has 3 heterocycles. The molecule has 3 atom stereocenters. The highest BCUT2D eigenvalue weighted by atomic mass is 35.5. The van der Waals surface area contributed by atoms with E-state index in [4.69, 9.17) is 21.1 Å². The van der Waals surface area contributed by atoms with Gasteiger partial charge in [0.15, 0.2) is 11.5 Å². The van der Waals surface area contributed by atoms with Gasteiger partial charge in [0.2, 0.25) is 5.91 Å². The number of amides is 1. The van der Waals surface area contributed by atoms with Gasteiger partial charge in [-0.3, -0.25) is 4.79 Å². The highest BCUT2D eigenvalue weighted by Gasteiger charge is 2.33. The predicted octanol–water partition coefficient (Wildman–Crippen LogP) is 3.25. The maximum Gasteiger partial charge on any atom is 0.225 e. The number of likely N-dealkylation sites (tertiary alicyclic amines) is 1. The average Bonchev–Trinajstić information content (AvgIpc) is 3.56. The molecular formula is C26H32ClN3O4. The first-order valence-corrected chi connectivity index (χ1v) is 12.6. The summed E-state index contributed by atoms with van der Waals surface area (Å²) in [5.74, 6) is 1.21. The van der Waals surface area contributed by atoms with Gasteiger partial charge in [-0.15, -0.1) is 0 Å². The van der Waals surface area contributed by atoms with Crippen LogP contribution >= 0.6 is 11.6 Å². The third-order valence-corrected chi connectivity index (χ3v) is 7.27. The summed E-state index contributed by atoms with van der Waals surface area (Å²) in [6, 6.07) is 12.9. The van der Waals surface area contributed by atoms with Crippen molar-refractivity contribution in [3.8, 4) is 11.5 Å². The average molecular weight is 486 g/mol. The minimum Gasteiger partial charge on any atom is -0.486 e. The Morgan fingerprint density at radius 1 is 1.06 bits per heavy atom. The molecule has 5 rings (SSSR count). The Kier molecular flexibility index (Phi) is 7.13. The Morgan fingerprint density at radius 2 is 1.79 bits per heavy atom. The van der Waals surface area contributed by atoms with Crippen molar-refractivity contribution in [1.29, 1.82) is 0 Å². The molecule has 0 unspecified atom stereocenters. The maximum absolute atomic E-state index is 13.3. The molecule has 2 aromatic rings. The second-order valence-electron chi connectivity index (χ2n) is 9.38. The van der Waals surface area contributed by atoms with E-state index in [0.717, 1.165) is 50.1 Å². The van der Waals surface area contributed by atoms with Gasteiger partial charge < -0.3 is 29.7 Å². The maximum atomic E-state index is 13.3. The van der Waals surface area contributed by atoms with E-state index >= 15 is 0 Å². The molecule has 0 aliphatic carbocycles. The number of fused-ring (bicyclic) bond motifs is 1. The van der Waals surface area contributed by atoms with Crippen molar-refractivity contribution in [3.63, 3.8) is 0 Å². The summed E-state index contributed by atoms with van der Waals surface area (Å²) in [4.78, 5) is 17.8. The van der Waals surface area contributed by atoms with Gasteiger partial charge in [-0.2, -0.15) is 0 Å². The number of hydrogen-bond acceptors (Lipinski definition) is 6. The molecule has 1 amide bonds. The molecule has 0 bridgehead atoms. The zero-order valence-electron chi connectivity index (χ0n) is 19.3. The van der Waals surface area contributed by atoms with E-state index in [-0.39, 0.29) is 11.8 Å². The van der Waals surface area contributed by atoms with Crippen molar-refractivity contribution in [3.05, 3.63) is 53.1 Å². The first kappa shape index (κ1) is 23.3. The van der Waals surface area contributed by atoms with Gasteiger partial charge in [0, 0.05) is 30.3 Å². The summed E-state index contributed by atoms with van der Waals surface area (Å²) in [5.41, 5.74) is 1.80. The Hall–Kier alpha value is -2.48. The van der Waals surface area contributed by atoms with Crippen molar-refractivity contribution >= 4 is 23.2 Å². The van der Waals surface area contributed by atoms with Crippen LogP contribution in [0.1, 0.15) is 30.9 Å². The second-order valence-corrected chi connectivity index (χ2v) is 9.82. The van der Waals surface area contributed by atoms with E-state index in [2.05, 4.69) is 15.1 Å². The van der Waals surface area contributed by atoms with E-state index in [1.54, 1.807) is 0 Å². The number of benzene rings is 2. The highest BCUT2D eigenvalue weighted by Crippen LogP contribution is 2.34. The van der Waals surface area contributed by atoms with Crippen molar-refractivity contribution < 1.29 is 19.4 Å². The number of carbonyl (C=O) groups excluding carboxylic acids is 1. The predicted molar refractivity (Wildman–Crippen MR) is 132 cm³/mol. The number of hydrogen-bond donors (Lipinski definition) is 2. The number of halogens is 1. The van der Waals surface area contributed by atoms with Crippen molar-refractivity contribution in [2.45, 2.75) is 31.4 Å². The summed E-state index contributed by atoms with van der Waals surface area (Å²) >= 11 is 6.02. The first-order valence-electron chi connectivity index (χ1n) is 12.2. The highest BCUT2D eigenvalue weighted by molar-refractivity contribution is 6.30. The van der Waals surface area contributed by atoms with Crippen LogP contribution in [0.2, 0.25) is 5.02 Å². The summed E-state index contributed by atoms with van der Waals surface area (Å²) in [6.45, 7) is 5.10. The lowest BCUT2D eigenvalue weighted by atomic mass is 9.99. The van der Waals surface area contributed by atoms with Crippen LogP contribution in [0.4, 0.5) is 5.69 Å². The van der Waals surface area contributed by atoms with Gasteiger partial charge in [-0.25, -0.2) is 0 Å². The molecule has 34 heavy (non-hydrogen) atoms. The number of nitrogens with zero attached hydrogens (tertiary/aromatic N) is 2. The molecule has 2 saturated heterocycles. The van der Waals surface area contributed by atoms with Gasteiger partial charge in [-0.1, -0.05) is 17.7 Å². The van der Waals surface area contributed by atoms with Gasteiger partial charge in [0.05, 0.1) is 12.0 Å². The quantitative estimate of drug-likeness (QED) is 0.627. The fraction of sp³-hybridized carbons (Fsp3) is 0.500. The Bertz CT molecular complexity index is 996. The largest absolute Gasteiger partial charge is 0.486 e. The molecule has 3 aliphatic rings. The van der Waals surface area contributed by atoms with Gasteiger partial charge >= 0.3 is 0 Å². The normalized spacial score (nSPS) is 21.9. The Morgan fingerprint density at radius 3 is 2.56 bits per heavy atom. The first-order chi connectivity index (χ1) is 16.6. The van der Waals surface area contributed by atoms with Crippen molar-refractivity contribution in [1.82, 2.24) is 10.2 Å². The minimum atomic E-state index is -0.839. The summed E-state index contributed by atoms with van der Waals surface area (Å²) < 4.78 is 11.3. The summed E-state index contributed by atoms with van der Waals surface area (Å²) in [5, 5.41) is 15.2. The summed E-state index contributed by atoms with van der Waals surface area (Å²) in [7, 11) is 0. The molecule has 3 aliphatic heterocycles. The fourth-order valence-corrected chi connectivity index (χ4v) is 5.23. The van der Waals surface area contributed by atoms with Crippen LogP contribution in [0, 0.1) is 5.92 Å². The lowest BCUT2D eigenvalue weighted by molar-refractivity contribution is -0.126. The van der Waals surface area contributed by atoms with Gasteiger partial charge in [0.25, 0.3) is 0 Å². The number of carbonyl (C=O) groups is 1. The number of anilines is 1. The minimum absolute atomic E-state index is 0.00254. The Balaban J connectivity index is 1.28. The van der Waals surface area contributed by atoms with E-state index in [1.165, 1.54) is 0 Å². The van der Waals surface area contributed by atoms with E-state index in [9.17, 15) is 9.90 Å². The third kappa shape index (κ3) is 5.27. The Labute approximate surface area is 205 Å². The van der Waals surface area contributed by atoms with Crippen LogP contribution < -0.4 is 19.7 Å². The van der Waals surface area contributed by atoms with Crippen LogP contribution in [-0.2, 0) is 4.79 Å². The zero-order chi connectivity index (χ0) is 23.5. The number of aliphatic hydroxyl groups is 1. The SMILES string of the molecule is O=C(N[C@H](CN1CCCC1)[C@H](O)c1ccc2c(c1)OCCO2)[C@H]1CCN(c2ccc(Cl)cc2)C1. The van der Waals surface area contributed by atoms with Crippen LogP contribution in [-0.4, -0.2) is 67.9 Å². The zero-order valence-corrected chi connectivity index (χ0v) is 20.0. The van der Waals surface area contributed by atoms with Gasteiger partial charge in [-0.05, 0) is 74.3 Å². The molecule has 0 radical (unpaired) electrons.